The van der Waals surface area contributed by atoms with Gasteiger partial charge in [0.1, 0.15) is 11.6 Å². The Morgan fingerprint density at radius 2 is 1.73 bits per heavy atom. The summed E-state index contributed by atoms with van der Waals surface area (Å²) in [4.78, 5) is 27.8. The van der Waals surface area contributed by atoms with Crippen LogP contribution < -0.4 is 10.4 Å². The molecule has 0 unspecified atom stereocenters. The molecule has 1 aromatic heterocycles. The highest BCUT2D eigenvalue weighted by Crippen LogP contribution is 2.27. The van der Waals surface area contributed by atoms with E-state index in [1.54, 1.807) is 9.25 Å². The highest BCUT2D eigenvalue weighted by molar-refractivity contribution is 5.94. The predicted molar refractivity (Wildman–Crippen MR) is 128 cm³/mol. The molecule has 0 radical (unpaired) electrons. The van der Waals surface area contributed by atoms with Crippen molar-refractivity contribution in [3.63, 3.8) is 0 Å². The summed E-state index contributed by atoms with van der Waals surface area (Å²) in [6.45, 7) is 8.29. The third-order valence-corrected chi connectivity index (χ3v) is 6.06. The summed E-state index contributed by atoms with van der Waals surface area (Å²) in [6, 6.07) is 17.2. The SMILES string of the molecule is CCn1c(C2CCN(C(=O)c3ccc(OC(C)C)cc3)CC2)nn(Cc2ccccc2)c1=O. The van der Waals surface area contributed by atoms with Crippen LogP contribution in [0.25, 0.3) is 0 Å². The summed E-state index contributed by atoms with van der Waals surface area (Å²) in [5.41, 5.74) is 1.65. The smallest absolute Gasteiger partial charge is 0.346 e. The zero-order chi connectivity index (χ0) is 23.4. The van der Waals surface area contributed by atoms with Crippen LogP contribution >= 0.6 is 0 Å². The molecule has 174 valence electrons. The van der Waals surface area contributed by atoms with Gasteiger partial charge in [0, 0.05) is 31.1 Å². The molecular formula is C26H32N4O3. The summed E-state index contributed by atoms with van der Waals surface area (Å²) < 4.78 is 9.00. The first-order chi connectivity index (χ1) is 16.0. The summed E-state index contributed by atoms with van der Waals surface area (Å²) >= 11 is 0. The Bertz CT molecular complexity index is 1120. The first-order valence-corrected chi connectivity index (χ1v) is 11.7. The predicted octanol–water partition coefficient (Wildman–Crippen LogP) is 3.92. The number of hydrogen-bond donors (Lipinski definition) is 0. The lowest BCUT2D eigenvalue weighted by molar-refractivity contribution is 0.0710. The molecule has 1 fully saturated rings. The van der Waals surface area contributed by atoms with E-state index in [-0.39, 0.29) is 23.6 Å². The van der Waals surface area contributed by atoms with E-state index >= 15 is 0 Å². The molecule has 2 heterocycles. The van der Waals surface area contributed by atoms with E-state index in [4.69, 9.17) is 9.84 Å². The van der Waals surface area contributed by atoms with E-state index < -0.39 is 0 Å². The highest BCUT2D eigenvalue weighted by Gasteiger charge is 2.28. The van der Waals surface area contributed by atoms with Crippen LogP contribution in [0.5, 0.6) is 5.75 Å². The molecule has 1 amide bonds. The second kappa shape index (κ2) is 10.1. The molecule has 0 aliphatic carbocycles. The second-order valence-corrected chi connectivity index (χ2v) is 8.79. The number of aromatic nitrogens is 3. The molecule has 7 heteroatoms. The quantitative estimate of drug-likeness (QED) is 0.549. The number of carbonyl (C=O) groups is 1. The van der Waals surface area contributed by atoms with Gasteiger partial charge in [-0.3, -0.25) is 9.36 Å². The number of benzene rings is 2. The number of hydrogen-bond acceptors (Lipinski definition) is 4. The Hall–Kier alpha value is -3.35. The van der Waals surface area contributed by atoms with Crippen LogP contribution in [0.4, 0.5) is 0 Å². The average molecular weight is 449 g/mol. The van der Waals surface area contributed by atoms with Crippen molar-refractivity contribution >= 4 is 5.91 Å². The van der Waals surface area contributed by atoms with Crippen LogP contribution in [-0.2, 0) is 13.1 Å². The van der Waals surface area contributed by atoms with Gasteiger partial charge in [-0.2, -0.15) is 5.10 Å². The topological polar surface area (TPSA) is 69.4 Å². The van der Waals surface area contributed by atoms with Gasteiger partial charge in [0.25, 0.3) is 5.91 Å². The largest absolute Gasteiger partial charge is 0.491 e. The summed E-state index contributed by atoms with van der Waals surface area (Å²) in [5.74, 6) is 1.80. The fraction of sp³-hybridized carbons (Fsp3) is 0.423. The molecule has 0 saturated carbocycles. The molecule has 4 rings (SSSR count). The van der Waals surface area contributed by atoms with Crippen molar-refractivity contribution in [2.45, 2.75) is 58.7 Å². The van der Waals surface area contributed by atoms with E-state index in [2.05, 4.69) is 0 Å². The number of amides is 1. The Morgan fingerprint density at radius 1 is 1.06 bits per heavy atom. The second-order valence-electron chi connectivity index (χ2n) is 8.79. The highest BCUT2D eigenvalue weighted by atomic mass is 16.5. The maximum Gasteiger partial charge on any atom is 0.346 e. The van der Waals surface area contributed by atoms with Gasteiger partial charge in [0.2, 0.25) is 0 Å². The lowest BCUT2D eigenvalue weighted by Crippen LogP contribution is -2.38. The zero-order valence-electron chi connectivity index (χ0n) is 19.6. The molecule has 1 saturated heterocycles. The monoisotopic (exact) mass is 448 g/mol. The minimum absolute atomic E-state index is 0.0343. The molecule has 1 aliphatic heterocycles. The molecule has 7 nitrogen and oxygen atoms in total. The molecule has 3 aromatic rings. The first-order valence-electron chi connectivity index (χ1n) is 11.7. The van der Waals surface area contributed by atoms with Crippen molar-refractivity contribution in [1.29, 1.82) is 0 Å². The van der Waals surface area contributed by atoms with Crippen molar-refractivity contribution < 1.29 is 9.53 Å². The summed E-state index contributed by atoms with van der Waals surface area (Å²) in [7, 11) is 0. The minimum Gasteiger partial charge on any atom is -0.491 e. The zero-order valence-corrected chi connectivity index (χ0v) is 19.6. The van der Waals surface area contributed by atoms with Gasteiger partial charge in [0.15, 0.2) is 0 Å². The van der Waals surface area contributed by atoms with Gasteiger partial charge >= 0.3 is 5.69 Å². The Labute approximate surface area is 194 Å². The minimum atomic E-state index is -0.0708. The van der Waals surface area contributed by atoms with Crippen molar-refractivity contribution in [2.24, 2.45) is 0 Å². The summed E-state index contributed by atoms with van der Waals surface area (Å²) in [5, 5.41) is 4.71. The average Bonchev–Trinajstić information content (AvgIpc) is 3.14. The van der Waals surface area contributed by atoms with Gasteiger partial charge in [-0.15, -0.1) is 0 Å². The number of likely N-dealkylation sites (tertiary alicyclic amines) is 1. The third-order valence-electron chi connectivity index (χ3n) is 6.06. The molecule has 0 bridgehead atoms. The molecular weight excluding hydrogens is 416 g/mol. The fourth-order valence-electron chi connectivity index (χ4n) is 4.39. The molecule has 0 atom stereocenters. The number of piperidine rings is 1. The maximum atomic E-state index is 13.0. The van der Waals surface area contributed by atoms with Crippen LogP contribution in [0.15, 0.2) is 59.4 Å². The lowest BCUT2D eigenvalue weighted by atomic mass is 9.95. The van der Waals surface area contributed by atoms with Crippen LogP contribution in [0.2, 0.25) is 0 Å². The maximum absolute atomic E-state index is 13.0. The van der Waals surface area contributed by atoms with Crippen molar-refractivity contribution in [1.82, 2.24) is 19.2 Å². The van der Waals surface area contributed by atoms with Crippen LogP contribution in [0.3, 0.4) is 0 Å². The van der Waals surface area contributed by atoms with Crippen molar-refractivity contribution in [3.05, 3.63) is 82.0 Å². The lowest BCUT2D eigenvalue weighted by Gasteiger charge is -2.31. The van der Waals surface area contributed by atoms with Crippen LogP contribution in [0, 0.1) is 0 Å². The van der Waals surface area contributed by atoms with E-state index in [9.17, 15) is 9.59 Å². The van der Waals surface area contributed by atoms with Gasteiger partial charge in [-0.25, -0.2) is 9.48 Å². The van der Waals surface area contributed by atoms with E-state index in [0.29, 0.717) is 31.7 Å². The number of carbonyl (C=O) groups excluding carboxylic acids is 1. The molecule has 33 heavy (non-hydrogen) atoms. The molecule has 1 aliphatic rings. The van der Waals surface area contributed by atoms with E-state index in [0.717, 1.165) is 30.0 Å². The molecule has 0 N–H and O–H groups in total. The van der Waals surface area contributed by atoms with Crippen LogP contribution in [-0.4, -0.2) is 44.3 Å². The van der Waals surface area contributed by atoms with E-state index in [1.807, 2.05) is 80.3 Å². The Morgan fingerprint density at radius 3 is 2.33 bits per heavy atom. The molecule has 0 spiro atoms. The first kappa shape index (κ1) is 22.8. The van der Waals surface area contributed by atoms with Gasteiger partial charge in [-0.1, -0.05) is 30.3 Å². The Balaban J connectivity index is 1.42. The normalized spacial score (nSPS) is 14.6. The number of ether oxygens (including phenoxy) is 1. The van der Waals surface area contributed by atoms with Gasteiger partial charge in [-0.05, 0) is 63.4 Å². The number of nitrogens with zero attached hydrogens (tertiary/aromatic N) is 4. The number of rotatable bonds is 7. The standard InChI is InChI=1S/C26H32N4O3/c1-4-29-24(27-30(26(29)32)18-20-8-6-5-7-9-20)21-14-16-28(17-15-21)25(31)22-10-12-23(13-11-22)33-19(2)3/h5-13,19,21H,4,14-18H2,1-3H3. The fourth-order valence-corrected chi connectivity index (χ4v) is 4.39. The van der Waals surface area contributed by atoms with Gasteiger partial charge < -0.3 is 9.64 Å². The van der Waals surface area contributed by atoms with Crippen molar-refractivity contribution in [2.75, 3.05) is 13.1 Å². The van der Waals surface area contributed by atoms with Crippen molar-refractivity contribution in [3.8, 4) is 5.75 Å². The van der Waals surface area contributed by atoms with Gasteiger partial charge in [0.05, 0.1) is 12.6 Å². The third kappa shape index (κ3) is 5.18. The van der Waals surface area contributed by atoms with Crippen LogP contribution in [0.1, 0.15) is 61.3 Å². The molecule has 2 aromatic carbocycles. The Kier molecular flexibility index (Phi) is 6.96. The van der Waals surface area contributed by atoms with E-state index in [1.165, 1.54) is 0 Å². The summed E-state index contributed by atoms with van der Waals surface area (Å²) in [6.07, 6.45) is 1.69.